The first kappa shape index (κ1) is 26.6. The number of nitrogens with one attached hydrogen (secondary N) is 1. The fourth-order valence-electron chi connectivity index (χ4n) is 4.03. The SMILES string of the molecule is COc1cc(C=C2SC(NCCN3CCCCC3)=NC2=O)ccc1Oc1ccc(C#N)cc1C(F)(F)F. The Bertz CT molecular complexity index is 1260. The van der Waals surface area contributed by atoms with Gasteiger partial charge in [-0.05, 0) is 79.7 Å². The lowest BCUT2D eigenvalue weighted by Crippen LogP contribution is -2.36. The number of piperidine rings is 1. The number of hydrogen-bond donors (Lipinski definition) is 1. The number of carbonyl (C=O) groups is 1. The molecule has 1 amide bonds. The molecular formula is C26H25F3N4O3S. The standard InChI is InChI=1S/C26H25F3N4O3S/c1-35-22-14-17(5-8-21(22)36-20-7-6-18(16-30)13-19(20)26(27,28)29)15-23-24(34)32-25(37-23)31-9-12-33-10-3-2-4-11-33/h5-8,13-15H,2-4,9-12H2,1H3,(H,31,32,34). The van der Waals surface area contributed by atoms with Crippen molar-refractivity contribution in [3.8, 4) is 23.3 Å². The number of alkyl halides is 3. The van der Waals surface area contributed by atoms with Gasteiger partial charge in [0, 0.05) is 13.1 Å². The number of amidine groups is 1. The molecule has 2 aromatic carbocycles. The lowest BCUT2D eigenvalue weighted by molar-refractivity contribution is -0.138. The van der Waals surface area contributed by atoms with Crippen molar-refractivity contribution >= 4 is 28.9 Å². The van der Waals surface area contributed by atoms with E-state index in [1.54, 1.807) is 24.3 Å². The van der Waals surface area contributed by atoms with Gasteiger partial charge in [-0.3, -0.25) is 4.79 Å². The zero-order chi connectivity index (χ0) is 26.4. The summed E-state index contributed by atoms with van der Waals surface area (Å²) in [5.41, 5.74) is -0.596. The summed E-state index contributed by atoms with van der Waals surface area (Å²) in [5, 5.41) is 12.7. The van der Waals surface area contributed by atoms with Crippen LogP contribution in [0.25, 0.3) is 6.08 Å². The van der Waals surface area contributed by atoms with Gasteiger partial charge in [-0.2, -0.15) is 23.4 Å². The van der Waals surface area contributed by atoms with E-state index in [-0.39, 0.29) is 23.0 Å². The molecule has 2 aliphatic heterocycles. The van der Waals surface area contributed by atoms with E-state index in [0.717, 1.165) is 31.8 Å². The number of methoxy groups -OCH3 is 1. The first-order valence-electron chi connectivity index (χ1n) is 11.7. The molecule has 11 heteroatoms. The van der Waals surface area contributed by atoms with E-state index in [1.165, 1.54) is 50.3 Å². The number of carbonyl (C=O) groups excluding carboxylic acids is 1. The molecule has 0 aromatic heterocycles. The number of likely N-dealkylation sites (tertiary alicyclic amines) is 1. The highest BCUT2D eigenvalue weighted by Gasteiger charge is 2.35. The molecule has 0 atom stereocenters. The zero-order valence-electron chi connectivity index (χ0n) is 20.1. The molecule has 0 unspecified atom stereocenters. The van der Waals surface area contributed by atoms with Crippen molar-refractivity contribution < 1.29 is 27.4 Å². The number of aliphatic imine (C=N–C) groups is 1. The van der Waals surface area contributed by atoms with Gasteiger partial charge in [-0.15, -0.1) is 0 Å². The van der Waals surface area contributed by atoms with Crippen LogP contribution in [0.15, 0.2) is 46.3 Å². The topological polar surface area (TPSA) is 86.9 Å². The second-order valence-corrected chi connectivity index (χ2v) is 9.53. The Morgan fingerprint density at radius 1 is 1.14 bits per heavy atom. The van der Waals surface area contributed by atoms with Gasteiger partial charge in [0.2, 0.25) is 0 Å². The molecule has 1 saturated heterocycles. The summed E-state index contributed by atoms with van der Waals surface area (Å²) < 4.78 is 51.4. The lowest BCUT2D eigenvalue weighted by atomic mass is 10.1. The highest BCUT2D eigenvalue weighted by Crippen LogP contribution is 2.41. The van der Waals surface area contributed by atoms with Crippen molar-refractivity contribution in [1.29, 1.82) is 5.26 Å². The number of halogens is 3. The lowest BCUT2D eigenvalue weighted by Gasteiger charge is -2.26. The van der Waals surface area contributed by atoms with E-state index in [4.69, 9.17) is 14.7 Å². The number of thioether (sulfide) groups is 1. The van der Waals surface area contributed by atoms with Crippen LogP contribution in [0.4, 0.5) is 13.2 Å². The molecular weight excluding hydrogens is 505 g/mol. The van der Waals surface area contributed by atoms with E-state index in [0.29, 0.717) is 22.2 Å². The number of rotatable bonds is 7. The first-order chi connectivity index (χ1) is 17.8. The minimum absolute atomic E-state index is 0.0570. The number of hydrogen-bond acceptors (Lipinski definition) is 7. The third-order valence-corrected chi connectivity index (χ3v) is 6.83. The smallest absolute Gasteiger partial charge is 0.420 e. The van der Waals surface area contributed by atoms with Crippen molar-refractivity contribution in [2.75, 3.05) is 33.3 Å². The van der Waals surface area contributed by atoms with Crippen molar-refractivity contribution in [2.45, 2.75) is 25.4 Å². The van der Waals surface area contributed by atoms with E-state index < -0.39 is 17.5 Å². The van der Waals surface area contributed by atoms with Gasteiger partial charge < -0.3 is 19.7 Å². The molecule has 2 heterocycles. The maximum atomic E-state index is 13.5. The van der Waals surface area contributed by atoms with Gasteiger partial charge in [0.1, 0.15) is 5.75 Å². The summed E-state index contributed by atoms with van der Waals surface area (Å²) in [7, 11) is 1.37. The number of ether oxygens (including phenoxy) is 2. The molecule has 194 valence electrons. The predicted molar refractivity (Wildman–Crippen MR) is 136 cm³/mol. The normalized spacial score (nSPS) is 17.4. The highest BCUT2D eigenvalue weighted by molar-refractivity contribution is 8.18. The molecule has 2 aromatic rings. The van der Waals surface area contributed by atoms with Crippen LogP contribution in [-0.4, -0.2) is 49.3 Å². The van der Waals surface area contributed by atoms with Crippen molar-refractivity contribution in [3.63, 3.8) is 0 Å². The van der Waals surface area contributed by atoms with Crippen LogP contribution < -0.4 is 14.8 Å². The molecule has 2 aliphatic rings. The van der Waals surface area contributed by atoms with Gasteiger partial charge in [-0.1, -0.05) is 12.5 Å². The minimum atomic E-state index is -4.71. The monoisotopic (exact) mass is 530 g/mol. The molecule has 1 fully saturated rings. The Morgan fingerprint density at radius 2 is 1.89 bits per heavy atom. The van der Waals surface area contributed by atoms with Gasteiger partial charge >= 0.3 is 6.18 Å². The molecule has 0 radical (unpaired) electrons. The Balaban J connectivity index is 1.44. The van der Waals surface area contributed by atoms with Crippen molar-refractivity contribution in [1.82, 2.24) is 10.2 Å². The fraction of sp³-hybridized carbons (Fsp3) is 0.346. The number of amides is 1. The third kappa shape index (κ3) is 6.84. The summed E-state index contributed by atoms with van der Waals surface area (Å²) in [6, 6.07) is 9.42. The Hall–Kier alpha value is -3.49. The van der Waals surface area contributed by atoms with E-state index >= 15 is 0 Å². The van der Waals surface area contributed by atoms with Crippen LogP contribution in [0, 0.1) is 11.3 Å². The zero-order valence-corrected chi connectivity index (χ0v) is 20.9. The van der Waals surface area contributed by atoms with Crippen LogP contribution in [0.2, 0.25) is 0 Å². The van der Waals surface area contributed by atoms with Crippen LogP contribution in [0.5, 0.6) is 17.2 Å². The Kier molecular flexibility index (Phi) is 8.41. The van der Waals surface area contributed by atoms with Gasteiger partial charge in [0.15, 0.2) is 16.7 Å². The minimum Gasteiger partial charge on any atom is -0.493 e. The quantitative estimate of drug-likeness (QED) is 0.478. The molecule has 4 rings (SSSR count). The largest absolute Gasteiger partial charge is 0.493 e. The Labute approximate surface area is 217 Å². The molecule has 0 saturated carbocycles. The predicted octanol–water partition coefficient (Wildman–Crippen LogP) is 5.42. The number of benzene rings is 2. The molecule has 0 spiro atoms. The van der Waals surface area contributed by atoms with Crippen LogP contribution in [0.3, 0.4) is 0 Å². The van der Waals surface area contributed by atoms with Crippen molar-refractivity contribution in [2.24, 2.45) is 4.99 Å². The summed E-state index contributed by atoms with van der Waals surface area (Å²) in [5.74, 6) is -0.576. The third-order valence-electron chi connectivity index (χ3n) is 5.89. The summed E-state index contributed by atoms with van der Waals surface area (Å²) >= 11 is 1.24. The van der Waals surface area contributed by atoms with Crippen molar-refractivity contribution in [3.05, 3.63) is 58.0 Å². The second kappa shape index (κ2) is 11.7. The van der Waals surface area contributed by atoms with E-state index in [9.17, 15) is 18.0 Å². The maximum Gasteiger partial charge on any atom is 0.420 e. The van der Waals surface area contributed by atoms with Crippen LogP contribution in [0.1, 0.15) is 36.0 Å². The van der Waals surface area contributed by atoms with E-state index in [2.05, 4.69) is 15.2 Å². The van der Waals surface area contributed by atoms with E-state index in [1.807, 2.05) is 0 Å². The van der Waals surface area contributed by atoms with Crippen LogP contribution >= 0.6 is 11.8 Å². The Morgan fingerprint density at radius 3 is 2.59 bits per heavy atom. The molecule has 0 bridgehead atoms. The average molecular weight is 531 g/mol. The van der Waals surface area contributed by atoms with Crippen LogP contribution in [-0.2, 0) is 11.0 Å². The fourth-order valence-corrected chi connectivity index (χ4v) is 4.87. The second-order valence-electron chi connectivity index (χ2n) is 8.49. The summed E-state index contributed by atoms with van der Waals surface area (Å²) in [6.07, 6.45) is 0.637. The molecule has 1 N–H and O–H groups in total. The molecule has 0 aliphatic carbocycles. The molecule has 7 nitrogen and oxygen atoms in total. The molecule has 37 heavy (non-hydrogen) atoms. The van der Waals surface area contributed by atoms with Gasteiger partial charge in [0.25, 0.3) is 5.91 Å². The highest BCUT2D eigenvalue weighted by atomic mass is 32.2. The number of nitrogens with zero attached hydrogens (tertiary/aromatic N) is 3. The average Bonchev–Trinajstić information content (AvgIpc) is 3.23. The van der Waals surface area contributed by atoms with Gasteiger partial charge in [-0.25, -0.2) is 0 Å². The number of nitriles is 1. The first-order valence-corrected chi connectivity index (χ1v) is 12.5. The maximum absolute atomic E-state index is 13.5. The summed E-state index contributed by atoms with van der Waals surface area (Å²) in [4.78, 5) is 19.3. The van der Waals surface area contributed by atoms with Gasteiger partial charge in [0.05, 0.1) is 29.2 Å². The summed E-state index contributed by atoms with van der Waals surface area (Å²) in [6.45, 7) is 3.77.